The Hall–Kier alpha value is -2.63. The highest BCUT2D eigenvalue weighted by Crippen LogP contribution is 2.33. The van der Waals surface area contributed by atoms with Crippen LogP contribution in [0.2, 0.25) is 0 Å². The Morgan fingerprint density at radius 3 is 2.64 bits per heavy atom. The Labute approximate surface area is 146 Å². The van der Waals surface area contributed by atoms with Crippen LogP contribution in [0.1, 0.15) is 39.3 Å². The maximum atomic E-state index is 12.8. The van der Waals surface area contributed by atoms with Gasteiger partial charge in [-0.1, -0.05) is 37.3 Å². The standard InChI is InChI=1S/C19H23N5O/c1-4-14-15-17(25)21-16(13-9-6-5-7-10-13)22-24(15)18(20-14)23-12-8-11-19(23,2)3/h5-7,9-10H,4,8,11-12H2,1-3H3,(H,21,22,25). The molecule has 0 amide bonds. The number of H-pyrrole nitrogens is 1. The maximum absolute atomic E-state index is 12.8. The van der Waals surface area contributed by atoms with Crippen LogP contribution in [0.5, 0.6) is 0 Å². The van der Waals surface area contributed by atoms with Crippen LogP contribution in [0.3, 0.4) is 0 Å². The number of hydrogen-bond acceptors (Lipinski definition) is 4. The van der Waals surface area contributed by atoms with E-state index in [1.54, 1.807) is 4.52 Å². The number of benzene rings is 1. The second kappa shape index (κ2) is 5.72. The molecule has 1 saturated heterocycles. The minimum atomic E-state index is -0.138. The lowest BCUT2D eigenvalue weighted by atomic mass is 10.0. The lowest BCUT2D eigenvalue weighted by Crippen LogP contribution is -2.39. The van der Waals surface area contributed by atoms with Gasteiger partial charge in [-0.25, -0.2) is 4.98 Å². The van der Waals surface area contributed by atoms with Crippen LogP contribution in [-0.2, 0) is 6.42 Å². The number of anilines is 1. The van der Waals surface area contributed by atoms with Crippen molar-refractivity contribution in [3.8, 4) is 11.4 Å². The summed E-state index contributed by atoms with van der Waals surface area (Å²) in [6.07, 6.45) is 2.93. The van der Waals surface area contributed by atoms with Crippen molar-refractivity contribution in [1.82, 2.24) is 19.6 Å². The van der Waals surface area contributed by atoms with Gasteiger partial charge in [-0.3, -0.25) is 4.79 Å². The predicted molar refractivity (Wildman–Crippen MR) is 99.1 cm³/mol. The van der Waals surface area contributed by atoms with Crippen molar-refractivity contribution >= 4 is 11.5 Å². The number of rotatable bonds is 3. The lowest BCUT2D eigenvalue weighted by molar-refractivity contribution is 0.507. The second-order valence-electron chi connectivity index (χ2n) is 7.21. The summed E-state index contributed by atoms with van der Waals surface area (Å²) in [5, 5.41) is 4.74. The molecular weight excluding hydrogens is 314 g/mol. The predicted octanol–water partition coefficient (Wildman–Crippen LogP) is 3.03. The fourth-order valence-corrected chi connectivity index (χ4v) is 3.68. The number of hydrogen-bond donors (Lipinski definition) is 1. The molecule has 0 spiro atoms. The summed E-state index contributed by atoms with van der Waals surface area (Å²) in [6.45, 7) is 7.39. The first-order valence-corrected chi connectivity index (χ1v) is 8.86. The van der Waals surface area contributed by atoms with Gasteiger partial charge in [0.15, 0.2) is 11.3 Å². The van der Waals surface area contributed by atoms with Crippen LogP contribution in [0.25, 0.3) is 16.9 Å². The molecule has 6 heteroatoms. The zero-order chi connectivity index (χ0) is 17.6. The Balaban J connectivity index is 1.98. The van der Waals surface area contributed by atoms with E-state index >= 15 is 0 Å². The molecule has 1 aromatic carbocycles. The first kappa shape index (κ1) is 15.9. The number of aromatic amines is 1. The van der Waals surface area contributed by atoms with Crippen LogP contribution >= 0.6 is 0 Å². The molecule has 0 unspecified atom stereocenters. The quantitative estimate of drug-likeness (QED) is 0.798. The maximum Gasteiger partial charge on any atom is 0.277 e. The third-order valence-corrected chi connectivity index (χ3v) is 5.08. The van der Waals surface area contributed by atoms with Crippen LogP contribution < -0.4 is 10.5 Å². The van der Waals surface area contributed by atoms with E-state index in [1.165, 1.54) is 0 Å². The summed E-state index contributed by atoms with van der Waals surface area (Å²) in [7, 11) is 0. The number of nitrogens with one attached hydrogen (secondary N) is 1. The Kier molecular flexibility index (Phi) is 3.63. The van der Waals surface area contributed by atoms with Gasteiger partial charge < -0.3 is 9.88 Å². The van der Waals surface area contributed by atoms with Gasteiger partial charge in [0.2, 0.25) is 5.95 Å². The average molecular weight is 337 g/mol. The van der Waals surface area contributed by atoms with E-state index in [0.29, 0.717) is 17.8 Å². The zero-order valence-electron chi connectivity index (χ0n) is 14.9. The molecule has 0 aliphatic carbocycles. The molecular formula is C19H23N5O. The van der Waals surface area contributed by atoms with Crippen molar-refractivity contribution < 1.29 is 0 Å². The SMILES string of the molecule is CCc1nc(N2CCCC2(C)C)n2nc(-c3ccccc3)[nH]c(=O)c12. The van der Waals surface area contributed by atoms with Crippen molar-refractivity contribution in [3.05, 3.63) is 46.4 Å². The first-order valence-electron chi connectivity index (χ1n) is 8.86. The molecule has 3 heterocycles. The molecule has 1 N–H and O–H groups in total. The van der Waals surface area contributed by atoms with Gasteiger partial charge in [0.05, 0.1) is 5.69 Å². The number of imidazole rings is 1. The van der Waals surface area contributed by atoms with Gasteiger partial charge in [0.25, 0.3) is 5.56 Å². The number of fused-ring (bicyclic) bond motifs is 1. The van der Waals surface area contributed by atoms with E-state index in [1.807, 2.05) is 37.3 Å². The van der Waals surface area contributed by atoms with E-state index in [0.717, 1.165) is 36.6 Å². The fraction of sp³-hybridized carbons (Fsp3) is 0.421. The van der Waals surface area contributed by atoms with E-state index in [9.17, 15) is 4.79 Å². The number of aromatic nitrogens is 4. The summed E-state index contributed by atoms with van der Waals surface area (Å²) in [5.41, 5.74) is 2.12. The summed E-state index contributed by atoms with van der Waals surface area (Å²) < 4.78 is 1.74. The molecule has 0 atom stereocenters. The smallest absolute Gasteiger partial charge is 0.277 e. The molecule has 0 bridgehead atoms. The zero-order valence-corrected chi connectivity index (χ0v) is 14.9. The summed E-state index contributed by atoms with van der Waals surface area (Å²) >= 11 is 0. The van der Waals surface area contributed by atoms with Gasteiger partial charge >= 0.3 is 0 Å². The molecule has 1 aliphatic rings. The first-order chi connectivity index (χ1) is 12.0. The molecule has 3 aromatic rings. The third-order valence-electron chi connectivity index (χ3n) is 5.08. The van der Waals surface area contributed by atoms with Gasteiger partial charge in [0.1, 0.15) is 0 Å². The molecule has 2 aromatic heterocycles. The average Bonchev–Trinajstić information content (AvgIpc) is 3.15. The molecule has 130 valence electrons. The van der Waals surface area contributed by atoms with E-state index in [-0.39, 0.29) is 11.1 Å². The summed E-state index contributed by atoms with van der Waals surface area (Å²) in [5.74, 6) is 1.34. The highest BCUT2D eigenvalue weighted by Gasteiger charge is 2.35. The van der Waals surface area contributed by atoms with Crippen LogP contribution in [0.4, 0.5) is 5.95 Å². The van der Waals surface area contributed by atoms with Crippen LogP contribution in [0, 0.1) is 0 Å². The van der Waals surface area contributed by atoms with Gasteiger partial charge in [-0.05, 0) is 33.1 Å². The molecule has 1 aliphatic heterocycles. The second-order valence-corrected chi connectivity index (χ2v) is 7.21. The Bertz CT molecular complexity index is 971. The third kappa shape index (κ3) is 2.52. The largest absolute Gasteiger partial charge is 0.336 e. The number of nitrogens with zero attached hydrogens (tertiary/aromatic N) is 4. The van der Waals surface area contributed by atoms with Crippen LogP contribution in [0.15, 0.2) is 35.1 Å². The van der Waals surface area contributed by atoms with Gasteiger partial charge in [-0.15, -0.1) is 5.10 Å². The monoisotopic (exact) mass is 337 g/mol. The van der Waals surface area contributed by atoms with Crippen LogP contribution in [-0.4, -0.2) is 31.7 Å². The van der Waals surface area contributed by atoms with Crippen molar-refractivity contribution in [1.29, 1.82) is 0 Å². The van der Waals surface area contributed by atoms with E-state index in [2.05, 4.69) is 23.7 Å². The van der Waals surface area contributed by atoms with Crippen molar-refractivity contribution in [3.63, 3.8) is 0 Å². The molecule has 0 radical (unpaired) electrons. The summed E-state index contributed by atoms with van der Waals surface area (Å²) in [4.78, 5) is 22.8. The fourth-order valence-electron chi connectivity index (χ4n) is 3.68. The van der Waals surface area contributed by atoms with E-state index in [4.69, 9.17) is 10.1 Å². The molecule has 25 heavy (non-hydrogen) atoms. The normalized spacial score (nSPS) is 16.7. The Morgan fingerprint density at radius 2 is 2.00 bits per heavy atom. The summed E-state index contributed by atoms with van der Waals surface area (Å²) in [6, 6.07) is 9.72. The Morgan fingerprint density at radius 1 is 1.24 bits per heavy atom. The van der Waals surface area contributed by atoms with Gasteiger partial charge in [-0.2, -0.15) is 4.52 Å². The minimum Gasteiger partial charge on any atom is -0.336 e. The van der Waals surface area contributed by atoms with Crippen molar-refractivity contribution in [2.24, 2.45) is 0 Å². The molecule has 6 nitrogen and oxygen atoms in total. The number of aryl methyl sites for hydroxylation is 1. The van der Waals surface area contributed by atoms with Crippen molar-refractivity contribution in [2.75, 3.05) is 11.4 Å². The molecule has 1 fully saturated rings. The lowest BCUT2D eigenvalue weighted by Gasteiger charge is -2.31. The molecule has 4 rings (SSSR count). The highest BCUT2D eigenvalue weighted by atomic mass is 16.1. The van der Waals surface area contributed by atoms with Gasteiger partial charge in [0, 0.05) is 17.6 Å². The molecule has 0 saturated carbocycles. The highest BCUT2D eigenvalue weighted by molar-refractivity contribution is 5.61. The topological polar surface area (TPSA) is 66.3 Å². The van der Waals surface area contributed by atoms with E-state index < -0.39 is 0 Å². The minimum absolute atomic E-state index is 0.0173. The van der Waals surface area contributed by atoms with Crippen molar-refractivity contribution in [2.45, 2.75) is 45.6 Å².